The van der Waals surface area contributed by atoms with Gasteiger partial charge in [0.15, 0.2) is 0 Å². The summed E-state index contributed by atoms with van der Waals surface area (Å²) >= 11 is 0. The van der Waals surface area contributed by atoms with E-state index in [0.29, 0.717) is 5.75 Å². The Bertz CT molecular complexity index is 340. The number of anilines is 2. The van der Waals surface area contributed by atoms with Gasteiger partial charge in [0.1, 0.15) is 11.3 Å². The molecule has 1 aromatic carbocycles. The summed E-state index contributed by atoms with van der Waals surface area (Å²) in [5.41, 5.74) is 11.9. The second-order valence-electron chi connectivity index (χ2n) is 2.67. The summed E-state index contributed by atoms with van der Waals surface area (Å²) in [5.74, 6) is -0.0460. The Morgan fingerprint density at radius 3 is 2.07 bits per heavy atom. The normalized spacial score (nSPS) is 9.57. The summed E-state index contributed by atoms with van der Waals surface area (Å²) in [7, 11) is 2.76. The molecule has 14 heavy (non-hydrogen) atoms. The molecule has 0 bridgehead atoms. The topological polar surface area (TPSA) is 87.6 Å². The minimum absolute atomic E-state index is 0.174. The molecule has 5 nitrogen and oxygen atoms in total. The minimum atomic E-state index is -0.553. The fourth-order valence-electron chi connectivity index (χ4n) is 1.11. The highest BCUT2D eigenvalue weighted by molar-refractivity contribution is 6.00. The Hall–Kier alpha value is -1.91. The Morgan fingerprint density at radius 1 is 1.21 bits per heavy atom. The lowest BCUT2D eigenvalue weighted by molar-refractivity contribution is 0.0603. The van der Waals surface area contributed by atoms with Crippen LogP contribution < -0.4 is 16.2 Å². The highest BCUT2D eigenvalue weighted by atomic mass is 16.5. The van der Waals surface area contributed by atoms with Crippen molar-refractivity contribution in [1.82, 2.24) is 0 Å². The number of carbonyl (C=O) groups is 1. The Balaban J connectivity index is 3.25. The summed E-state index contributed by atoms with van der Waals surface area (Å²) < 4.78 is 9.46. The van der Waals surface area contributed by atoms with Crippen LogP contribution in [-0.4, -0.2) is 20.2 Å². The fraction of sp³-hybridized carbons (Fsp3) is 0.222. The van der Waals surface area contributed by atoms with E-state index in [4.69, 9.17) is 16.2 Å². The SMILES string of the molecule is COC(=O)c1c(N)cc(OC)cc1N. The molecular weight excluding hydrogens is 184 g/mol. The van der Waals surface area contributed by atoms with Gasteiger partial charge in [-0.15, -0.1) is 0 Å². The Kier molecular flexibility index (Phi) is 2.81. The minimum Gasteiger partial charge on any atom is -0.497 e. The van der Waals surface area contributed by atoms with E-state index >= 15 is 0 Å². The number of methoxy groups -OCH3 is 2. The quantitative estimate of drug-likeness (QED) is 0.535. The highest BCUT2D eigenvalue weighted by Crippen LogP contribution is 2.26. The molecule has 1 aromatic rings. The molecule has 0 unspecified atom stereocenters. The zero-order valence-electron chi connectivity index (χ0n) is 8.03. The lowest BCUT2D eigenvalue weighted by atomic mass is 10.1. The molecule has 0 saturated heterocycles. The van der Waals surface area contributed by atoms with Crippen LogP contribution in [0.2, 0.25) is 0 Å². The van der Waals surface area contributed by atoms with Gasteiger partial charge >= 0.3 is 5.97 Å². The van der Waals surface area contributed by atoms with Gasteiger partial charge in [0.2, 0.25) is 0 Å². The maximum atomic E-state index is 11.2. The van der Waals surface area contributed by atoms with Crippen LogP contribution in [0.1, 0.15) is 10.4 Å². The van der Waals surface area contributed by atoms with Crippen LogP contribution in [0.25, 0.3) is 0 Å². The smallest absolute Gasteiger partial charge is 0.342 e. The van der Waals surface area contributed by atoms with Crippen LogP contribution in [0.5, 0.6) is 5.75 Å². The standard InChI is InChI=1S/C9H12N2O3/c1-13-5-3-6(10)8(7(11)4-5)9(12)14-2/h3-4H,10-11H2,1-2H3. The van der Waals surface area contributed by atoms with Gasteiger partial charge in [0.25, 0.3) is 0 Å². The zero-order chi connectivity index (χ0) is 10.7. The van der Waals surface area contributed by atoms with E-state index in [1.165, 1.54) is 26.4 Å². The third kappa shape index (κ3) is 1.71. The third-order valence-corrected chi connectivity index (χ3v) is 1.80. The van der Waals surface area contributed by atoms with E-state index in [0.717, 1.165) is 0 Å². The molecule has 4 N–H and O–H groups in total. The summed E-state index contributed by atoms with van der Waals surface area (Å²) in [6.45, 7) is 0. The molecular formula is C9H12N2O3. The van der Waals surface area contributed by atoms with Crippen molar-refractivity contribution in [3.8, 4) is 5.75 Å². The average Bonchev–Trinajstić information content (AvgIpc) is 2.16. The number of benzene rings is 1. The van der Waals surface area contributed by atoms with E-state index in [1.807, 2.05) is 0 Å². The number of rotatable bonds is 2. The molecule has 0 aliphatic rings. The van der Waals surface area contributed by atoms with Crippen LogP contribution in [-0.2, 0) is 4.74 Å². The molecule has 76 valence electrons. The number of hydrogen-bond acceptors (Lipinski definition) is 5. The van der Waals surface area contributed by atoms with Gasteiger partial charge in [-0.3, -0.25) is 0 Å². The Labute approximate surface area is 81.6 Å². The van der Waals surface area contributed by atoms with Crippen molar-refractivity contribution in [2.75, 3.05) is 25.7 Å². The van der Waals surface area contributed by atoms with Crippen molar-refractivity contribution >= 4 is 17.3 Å². The lowest BCUT2D eigenvalue weighted by Crippen LogP contribution is -2.09. The number of hydrogen-bond donors (Lipinski definition) is 2. The van der Waals surface area contributed by atoms with E-state index < -0.39 is 5.97 Å². The van der Waals surface area contributed by atoms with Gasteiger partial charge < -0.3 is 20.9 Å². The molecule has 0 aromatic heterocycles. The lowest BCUT2D eigenvalue weighted by Gasteiger charge is -2.09. The van der Waals surface area contributed by atoms with E-state index in [1.54, 1.807) is 0 Å². The number of carbonyl (C=O) groups excluding carboxylic acids is 1. The molecule has 0 aliphatic carbocycles. The van der Waals surface area contributed by atoms with E-state index in [-0.39, 0.29) is 16.9 Å². The first-order valence-electron chi connectivity index (χ1n) is 3.91. The van der Waals surface area contributed by atoms with Crippen molar-refractivity contribution in [3.05, 3.63) is 17.7 Å². The van der Waals surface area contributed by atoms with Crippen LogP contribution in [0.3, 0.4) is 0 Å². The van der Waals surface area contributed by atoms with Crippen molar-refractivity contribution in [1.29, 1.82) is 0 Å². The number of esters is 1. The average molecular weight is 196 g/mol. The summed E-state index contributed by atoms with van der Waals surface area (Å²) in [5, 5.41) is 0. The molecule has 0 spiro atoms. The molecule has 5 heteroatoms. The zero-order valence-corrected chi connectivity index (χ0v) is 8.03. The van der Waals surface area contributed by atoms with Gasteiger partial charge in [-0.25, -0.2) is 4.79 Å². The van der Waals surface area contributed by atoms with Crippen LogP contribution >= 0.6 is 0 Å². The van der Waals surface area contributed by atoms with Gasteiger partial charge in [0, 0.05) is 12.1 Å². The molecule has 1 rings (SSSR count). The van der Waals surface area contributed by atoms with E-state index in [2.05, 4.69) is 4.74 Å². The van der Waals surface area contributed by atoms with Gasteiger partial charge in [-0.2, -0.15) is 0 Å². The molecule has 0 amide bonds. The summed E-state index contributed by atoms with van der Waals surface area (Å²) in [6, 6.07) is 3.03. The second kappa shape index (κ2) is 3.87. The first-order valence-corrected chi connectivity index (χ1v) is 3.91. The van der Waals surface area contributed by atoms with Crippen LogP contribution in [0.4, 0.5) is 11.4 Å². The van der Waals surface area contributed by atoms with Crippen molar-refractivity contribution in [3.63, 3.8) is 0 Å². The maximum absolute atomic E-state index is 11.2. The number of nitrogens with two attached hydrogens (primary N) is 2. The van der Waals surface area contributed by atoms with Gasteiger partial charge in [0.05, 0.1) is 25.6 Å². The largest absolute Gasteiger partial charge is 0.497 e. The van der Waals surface area contributed by atoms with Crippen molar-refractivity contribution in [2.24, 2.45) is 0 Å². The van der Waals surface area contributed by atoms with Crippen molar-refractivity contribution < 1.29 is 14.3 Å². The number of ether oxygens (including phenoxy) is 2. The molecule has 0 saturated carbocycles. The molecule has 0 heterocycles. The van der Waals surface area contributed by atoms with Gasteiger partial charge in [-0.1, -0.05) is 0 Å². The van der Waals surface area contributed by atoms with Crippen LogP contribution in [0.15, 0.2) is 12.1 Å². The molecule has 0 fully saturated rings. The monoisotopic (exact) mass is 196 g/mol. The molecule has 0 radical (unpaired) electrons. The first-order chi connectivity index (χ1) is 6.60. The van der Waals surface area contributed by atoms with Crippen LogP contribution in [0, 0.1) is 0 Å². The molecule has 0 atom stereocenters. The first kappa shape index (κ1) is 10.2. The Morgan fingerprint density at radius 2 is 1.71 bits per heavy atom. The predicted octanol–water partition coefficient (Wildman–Crippen LogP) is 0.646. The molecule has 0 aliphatic heterocycles. The summed E-state index contributed by atoms with van der Waals surface area (Å²) in [6.07, 6.45) is 0. The number of nitrogen functional groups attached to an aromatic ring is 2. The second-order valence-corrected chi connectivity index (χ2v) is 2.67. The maximum Gasteiger partial charge on any atom is 0.342 e. The summed E-state index contributed by atoms with van der Waals surface area (Å²) in [4.78, 5) is 11.2. The fourth-order valence-corrected chi connectivity index (χ4v) is 1.11. The third-order valence-electron chi connectivity index (χ3n) is 1.80. The van der Waals surface area contributed by atoms with Gasteiger partial charge in [-0.05, 0) is 0 Å². The van der Waals surface area contributed by atoms with Crippen molar-refractivity contribution in [2.45, 2.75) is 0 Å². The highest BCUT2D eigenvalue weighted by Gasteiger charge is 2.15. The predicted molar refractivity (Wildman–Crippen MR) is 53.2 cm³/mol. The van der Waals surface area contributed by atoms with E-state index in [9.17, 15) is 4.79 Å².